The molecule has 1 aliphatic heterocycles. The van der Waals surface area contributed by atoms with Crippen molar-refractivity contribution >= 4 is 22.7 Å². The van der Waals surface area contributed by atoms with Gasteiger partial charge in [-0.15, -0.1) is 0 Å². The highest BCUT2D eigenvalue weighted by molar-refractivity contribution is 5.77. The molecule has 9 nitrogen and oxygen atoms in total. The number of nitrogens with zero attached hydrogens (tertiary/aromatic N) is 6. The van der Waals surface area contributed by atoms with Gasteiger partial charge >= 0.3 is 6.18 Å². The number of benzene rings is 1. The van der Waals surface area contributed by atoms with E-state index >= 15 is 0 Å². The zero-order valence-electron chi connectivity index (χ0n) is 19.8. The first kappa shape index (κ1) is 22.8. The minimum atomic E-state index is -4.60. The molecule has 0 spiro atoms. The first-order chi connectivity index (χ1) is 17.1. The van der Waals surface area contributed by atoms with Crippen LogP contribution in [0.1, 0.15) is 43.9 Å². The van der Waals surface area contributed by atoms with Crippen molar-refractivity contribution in [2.75, 3.05) is 11.9 Å². The molecule has 3 aromatic heterocycles. The zero-order chi connectivity index (χ0) is 25.2. The zero-order valence-corrected chi connectivity index (χ0v) is 19.8. The Balaban J connectivity index is 1.42. The Hall–Kier alpha value is -3.67. The summed E-state index contributed by atoms with van der Waals surface area (Å²) >= 11 is 0. The number of nitrogens with one attached hydrogen (secondary N) is 2. The third kappa shape index (κ3) is 4.04. The number of fused-ring (bicyclic) bond motifs is 2. The molecule has 36 heavy (non-hydrogen) atoms. The maximum absolute atomic E-state index is 13.4. The molecule has 1 fully saturated rings. The summed E-state index contributed by atoms with van der Waals surface area (Å²) in [5.41, 5.74) is 2.39. The Kier molecular flexibility index (Phi) is 5.01. The van der Waals surface area contributed by atoms with E-state index in [1.165, 1.54) is 11.8 Å². The monoisotopic (exact) mass is 498 g/mol. The first-order valence-electron chi connectivity index (χ1n) is 11.8. The standard InChI is InChI=1S/C24H25F3N8O/c1-23(2)12-28-10-14-9-15(3-6-18(14)23)30-22-29-11-17-20(31-22)35(34(21(17)36)13-24(25,26)27)19-7-8-33(32-19)16-4-5-16/h3,6-9,11,16,28H,4-5,10,12-13H2,1-2H3,(H,29,30,31). The maximum Gasteiger partial charge on any atom is 0.408 e. The third-order valence-corrected chi connectivity index (χ3v) is 6.71. The van der Waals surface area contributed by atoms with Crippen LogP contribution in [0.25, 0.3) is 16.9 Å². The van der Waals surface area contributed by atoms with Crippen molar-refractivity contribution in [2.45, 2.75) is 57.4 Å². The summed E-state index contributed by atoms with van der Waals surface area (Å²) in [6.07, 6.45) is 0.301. The summed E-state index contributed by atoms with van der Waals surface area (Å²) in [6, 6.07) is 7.84. The SMILES string of the molecule is CC1(C)CNCc2cc(Nc3ncc4c(=O)n(CC(F)(F)F)n(-c5ccn(C6CC6)n5)c4n3)ccc21. The van der Waals surface area contributed by atoms with Crippen molar-refractivity contribution in [2.24, 2.45) is 0 Å². The Bertz CT molecular complexity index is 1530. The molecule has 0 radical (unpaired) electrons. The van der Waals surface area contributed by atoms with Gasteiger partial charge in [0, 0.05) is 42.7 Å². The molecule has 6 rings (SSSR count). The van der Waals surface area contributed by atoms with Crippen LogP contribution in [0.4, 0.5) is 24.8 Å². The number of halogens is 3. The lowest BCUT2D eigenvalue weighted by Crippen LogP contribution is -2.38. The van der Waals surface area contributed by atoms with Crippen molar-refractivity contribution in [1.29, 1.82) is 0 Å². The van der Waals surface area contributed by atoms with Gasteiger partial charge in [0.25, 0.3) is 5.56 Å². The van der Waals surface area contributed by atoms with Gasteiger partial charge in [-0.25, -0.2) is 14.3 Å². The molecule has 4 heterocycles. The minimum absolute atomic E-state index is 0.00284. The van der Waals surface area contributed by atoms with E-state index in [4.69, 9.17) is 0 Å². The molecule has 0 saturated heterocycles. The molecule has 1 aliphatic carbocycles. The molecule has 0 unspecified atom stereocenters. The molecule has 2 aliphatic rings. The van der Waals surface area contributed by atoms with Crippen LogP contribution in [0.3, 0.4) is 0 Å². The topological polar surface area (TPSA) is 94.6 Å². The van der Waals surface area contributed by atoms with E-state index in [1.54, 1.807) is 16.9 Å². The molecule has 12 heteroatoms. The summed E-state index contributed by atoms with van der Waals surface area (Å²) < 4.78 is 43.7. The largest absolute Gasteiger partial charge is 0.408 e. The van der Waals surface area contributed by atoms with Gasteiger partial charge in [-0.05, 0) is 36.1 Å². The number of hydrogen-bond donors (Lipinski definition) is 2. The summed E-state index contributed by atoms with van der Waals surface area (Å²) in [4.78, 5) is 21.6. The molecule has 188 valence electrons. The smallest absolute Gasteiger partial charge is 0.324 e. The van der Waals surface area contributed by atoms with E-state index in [9.17, 15) is 18.0 Å². The molecule has 4 aromatic rings. The second-order valence-electron chi connectivity index (χ2n) is 10.1. The van der Waals surface area contributed by atoms with E-state index in [1.807, 2.05) is 12.1 Å². The van der Waals surface area contributed by atoms with Crippen LogP contribution < -0.4 is 16.2 Å². The van der Waals surface area contributed by atoms with Crippen LogP contribution in [-0.2, 0) is 18.5 Å². The van der Waals surface area contributed by atoms with Crippen molar-refractivity contribution < 1.29 is 13.2 Å². The fraction of sp³-hybridized carbons (Fsp3) is 0.417. The van der Waals surface area contributed by atoms with Crippen LogP contribution in [0.5, 0.6) is 0 Å². The number of hydrogen-bond acceptors (Lipinski definition) is 6. The fourth-order valence-corrected chi connectivity index (χ4v) is 4.83. The summed E-state index contributed by atoms with van der Waals surface area (Å²) in [7, 11) is 0. The molecular formula is C24H25F3N8O. The predicted molar refractivity (Wildman–Crippen MR) is 128 cm³/mol. The molecule has 0 bridgehead atoms. The molecule has 1 saturated carbocycles. The second kappa shape index (κ2) is 7.92. The van der Waals surface area contributed by atoms with Crippen molar-refractivity contribution in [3.8, 4) is 5.82 Å². The quantitative estimate of drug-likeness (QED) is 0.435. The van der Waals surface area contributed by atoms with Crippen molar-refractivity contribution in [3.63, 3.8) is 0 Å². The molecule has 1 aromatic carbocycles. The van der Waals surface area contributed by atoms with Gasteiger partial charge in [-0.2, -0.15) is 23.3 Å². The number of alkyl halides is 3. The van der Waals surface area contributed by atoms with Crippen LogP contribution in [0, 0.1) is 0 Å². The third-order valence-electron chi connectivity index (χ3n) is 6.71. The number of anilines is 2. The summed E-state index contributed by atoms with van der Waals surface area (Å²) in [5, 5.41) is 11.0. The van der Waals surface area contributed by atoms with E-state index in [2.05, 4.69) is 45.6 Å². The Morgan fingerprint density at radius 2 is 2.03 bits per heavy atom. The van der Waals surface area contributed by atoms with Gasteiger partial charge < -0.3 is 10.6 Å². The van der Waals surface area contributed by atoms with Crippen molar-refractivity contribution in [3.05, 3.63) is 58.1 Å². The lowest BCUT2D eigenvalue weighted by molar-refractivity contribution is -0.144. The van der Waals surface area contributed by atoms with Crippen LogP contribution in [-0.4, -0.2) is 41.8 Å². The highest BCUT2D eigenvalue weighted by Crippen LogP contribution is 2.35. The minimum Gasteiger partial charge on any atom is -0.324 e. The van der Waals surface area contributed by atoms with E-state index < -0.39 is 18.3 Å². The highest BCUT2D eigenvalue weighted by Gasteiger charge is 2.33. The van der Waals surface area contributed by atoms with Gasteiger partial charge in [0.05, 0.1) is 6.04 Å². The first-order valence-corrected chi connectivity index (χ1v) is 11.8. The average molecular weight is 499 g/mol. The molecule has 0 amide bonds. The van der Waals surface area contributed by atoms with Gasteiger partial charge in [0.2, 0.25) is 5.95 Å². The highest BCUT2D eigenvalue weighted by atomic mass is 19.4. The van der Waals surface area contributed by atoms with E-state index in [0.29, 0.717) is 4.68 Å². The molecular weight excluding hydrogens is 473 g/mol. The summed E-state index contributed by atoms with van der Waals surface area (Å²) in [5.74, 6) is 0.370. The maximum atomic E-state index is 13.4. The van der Waals surface area contributed by atoms with E-state index in [-0.39, 0.29) is 34.3 Å². The van der Waals surface area contributed by atoms with Gasteiger partial charge in [0.1, 0.15) is 11.9 Å². The van der Waals surface area contributed by atoms with Crippen LogP contribution in [0.15, 0.2) is 41.5 Å². The normalized spacial score (nSPS) is 17.4. The average Bonchev–Trinajstić information content (AvgIpc) is 3.49. The Morgan fingerprint density at radius 3 is 2.78 bits per heavy atom. The lowest BCUT2D eigenvalue weighted by Gasteiger charge is -2.33. The fourth-order valence-electron chi connectivity index (χ4n) is 4.83. The van der Waals surface area contributed by atoms with Crippen LogP contribution >= 0.6 is 0 Å². The van der Waals surface area contributed by atoms with Gasteiger partial charge in [-0.1, -0.05) is 19.9 Å². The number of aromatic nitrogens is 6. The Morgan fingerprint density at radius 1 is 1.22 bits per heavy atom. The second-order valence-corrected chi connectivity index (χ2v) is 10.1. The van der Waals surface area contributed by atoms with E-state index in [0.717, 1.165) is 41.9 Å². The Labute approximate surface area is 203 Å². The van der Waals surface area contributed by atoms with Crippen molar-refractivity contribution in [1.82, 2.24) is 34.4 Å². The lowest BCUT2D eigenvalue weighted by atomic mass is 9.79. The van der Waals surface area contributed by atoms with Gasteiger partial charge in [-0.3, -0.25) is 9.48 Å². The van der Waals surface area contributed by atoms with Crippen LogP contribution in [0.2, 0.25) is 0 Å². The number of rotatable bonds is 5. The molecule has 0 atom stereocenters. The summed E-state index contributed by atoms with van der Waals surface area (Å²) in [6.45, 7) is 4.51. The molecule has 2 N–H and O–H groups in total. The van der Waals surface area contributed by atoms with Gasteiger partial charge in [0.15, 0.2) is 11.5 Å². The predicted octanol–water partition coefficient (Wildman–Crippen LogP) is 3.80.